The standard InChI is InChI=1S/C20H20ClN5/c1-26-18-7-15(21)2-3-16(18)17(8-22)20(26)14-6-13(10-25-11-14)19(23)12-4-5-24-9-12/h2-3,6-7,10-12,19,24H,4-5,9,23H2,1H3/t12?,19-/m1/s1. The number of nitriles is 1. The lowest BCUT2D eigenvalue weighted by molar-refractivity contribution is 0.469. The number of nitrogens with one attached hydrogen (secondary N) is 1. The lowest BCUT2D eigenvalue weighted by atomic mass is 9.93. The number of nitrogens with two attached hydrogens (primary N) is 1. The van der Waals surface area contributed by atoms with Crippen LogP contribution in [0.25, 0.3) is 22.2 Å². The highest BCUT2D eigenvalue weighted by atomic mass is 35.5. The van der Waals surface area contributed by atoms with Gasteiger partial charge in [0.15, 0.2) is 0 Å². The number of hydrogen-bond acceptors (Lipinski definition) is 4. The smallest absolute Gasteiger partial charge is 0.102 e. The topological polar surface area (TPSA) is 79.7 Å². The van der Waals surface area contributed by atoms with Gasteiger partial charge in [-0.05, 0) is 55.3 Å². The molecule has 1 fully saturated rings. The molecule has 0 bridgehead atoms. The summed E-state index contributed by atoms with van der Waals surface area (Å²) in [5.74, 6) is 0.411. The fourth-order valence-electron chi connectivity index (χ4n) is 3.89. The van der Waals surface area contributed by atoms with E-state index in [1.165, 1.54) is 0 Å². The first-order valence-electron chi connectivity index (χ1n) is 8.70. The summed E-state index contributed by atoms with van der Waals surface area (Å²) in [5.41, 5.74) is 10.8. The van der Waals surface area contributed by atoms with Gasteiger partial charge in [0.25, 0.3) is 0 Å². The van der Waals surface area contributed by atoms with Gasteiger partial charge in [-0.25, -0.2) is 0 Å². The van der Waals surface area contributed by atoms with Crippen LogP contribution >= 0.6 is 11.6 Å². The summed E-state index contributed by atoms with van der Waals surface area (Å²) in [6, 6.07) is 9.94. The second kappa shape index (κ2) is 6.73. The molecule has 132 valence electrons. The minimum absolute atomic E-state index is 0.0629. The monoisotopic (exact) mass is 365 g/mol. The molecule has 0 radical (unpaired) electrons. The molecule has 1 saturated heterocycles. The van der Waals surface area contributed by atoms with Crippen LogP contribution in [-0.4, -0.2) is 22.6 Å². The van der Waals surface area contributed by atoms with Gasteiger partial charge in [0, 0.05) is 41.5 Å². The molecule has 1 unspecified atom stereocenters. The number of aromatic nitrogens is 2. The Bertz CT molecular complexity index is 1010. The first kappa shape index (κ1) is 17.0. The van der Waals surface area contributed by atoms with Crippen LogP contribution in [0.3, 0.4) is 0 Å². The molecule has 0 saturated carbocycles. The maximum atomic E-state index is 9.76. The molecule has 1 aliphatic rings. The Morgan fingerprint density at radius 3 is 2.96 bits per heavy atom. The summed E-state index contributed by atoms with van der Waals surface area (Å²) in [6.45, 7) is 1.94. The van der Waals surface area contributed by atoms with E-state index in [1.54, 1.807) is 6.20 Å². The van der Waals surface area contributed by atoms with Crippen molar-refractivity contribution in [2.75, 3.05) is 13.1 Å². The van der Waals surface area contributed by atoms with Crippen molar-refractivity contribution in [3.8, 4) is 17.3 Å². The van der Waals surface area contributed by atoms with E-state index in [-0.39, 0.29) is 6.04 Å². The Hall–Kier alpha value is -2.39. The number of hydrogen-bond donors (Lipinski definition) is 2. The van der Waals surface area contributed by atoms with Gasteiger partial charge in [-0.15, -0.1) is 0 Å². The van der Waals surface area contributed by atoms with Gasteiger partial charge < -0.3 is 15.6 Å². The summed E-state index contributed by atoms with van der Waals surface area (Å²) < 4.78 is 2.00. The normalized spacial score (nSPS) is 18.2. The average Bonchev–Trinajstić information content (AvgIpc) is 3.28. The van der Waals surface area contributed by atoms with Gasteiger partial charge in [0.05, 0.1) is 16.8 Å². The number of aryl methyl sites for hydroxylation is 1. The lowest BCUT2D eigenvalue weighted by Gasteiger charge is -2.19. The van der Waals surface area contributed by atoms with Crippen LogP contribution in [0.1, 0.15) is 23.6 Å². The SMILES string of the molecule is Cn1c(-c2cncc([C@H](N)C3CCNC3)c2)c(C#N)c2ccc(Cl)cc21. The summed E-state index contributed by atoms with van der Waals surface area (Å²) in [7, 11) is 1.95. The maximum absolute atomic E-state index is 9.76. The molecule has 3 heterocycles. The zero-order chi connectivity index (χ0) is 18.3. The third-order valence-electron chi connectivity index (χ3n) is 5.30. The average molecular weight is 366 g/mol. The van der Waals surface area contributed by atoms with Gasteiger partial charge in [-0.2, -0.15) is 5.26 Å². The van der Waals surface area contributed by atoms with Gasteiger partial charge in [0.2, 0.25) is 0 Å². The summed E-state index contributed by atoms with van der Waals surface area (Å²) in [6.07, 6.45) is 4.69. The van der Waals surface area contributed by atoms with Gasteiger partial charge in [-0.1, -0.05) is 11.6 Å². The minimum Gasteiger partial charge on any atom is -0.342 e. The molecule has 0 aliphatic carbocycles. The molecule has 1 aliphatic heterocycles. The molecule has 3 N–H and O–H groups in total. The Morgan fingerprint density at radius 1 is 1.38 bits per heavy atom. The van der Waals surface area contributed by atoms with Gasteiger partial charge in [0.1, 0.15) is 6.07 Å². The predicted octanol–water partition coefficient (Wildman–Crippen LogP) is 3.37. The molecule has 5 nitrogen and oxygen atoms in total. The molecule has 4 rings (SSSR count). The Kier molecular flexibility index (Phi) is 4.41. The van der Waals surface area contributed by atoms with Crippen molar-refractivity contribution in [3.63, 3.8) is 0 Å². The van der Waals surface area contributed by atoms with Crippen LogP contribution in [0.4, 0.5) is 0 Å². The zero-order valence-corrected chi connectivity index (χ0v) is 15.3. The van der Waals surface area contributed by atoms with Gasteiger partial charge in [-0.3, -0.25) is 4.98 Å². The van der Waals surface area contributed by atoms with Crippen LogP contribution < -0.4 is 11.1 Å². The predicted molar refractivity (Wildman–Crippen MR) is 104 cm³/mol. The summed E-state index contributed by atoms with van der Waals surface area (Å²) in [5, 5.41) is 14.7. The van der Waals surface area contributed by atoms with E-state index in [4.69, 9.17) is 17.3 Å². The molecule has 0 amide bonds. The third-order valence-corrected chi connectivity index (χ3v) is 5.53. The highest BCUT2D eigenvalue weighted by molar-refractivity contribution is 6.31. The number of fused-ring (bicyclic) bond motifs is 1. The van der Waals surface area contributed by atoms with Crippen LogP contribution in [0.2, 0.25) is 5.02 Å². The second-order valence-electron chi connectivity index (χ2n) is 6.84. The second-order valence-corrected chi connectivity index (χ2v) is 7.28. The number of nitrogens with zero attached hydrogens (tertiary/aromatic N) is 3. The molecule has 2 atom stereocenters. The van der Waals surface area contributed by atoms with Gasteiger partial charge >= 0.3 is 0 Å². The van der Waals surface area contributed by atoms with E-state index in [0.717, 1.165) is 47.2 Å². The van der Waals surface area contributed by atoms with Crippen molar-refractivity contribution < 1.29 is 0 Å². The molecule has 1 aromatic carbocycles. The van der Waals surface area contributed by atoms with E-state index in [0.29, 0.717) is 16.5 Å². The van der Waals surface area contributed by atoms with Crippen molar-refractivity contribution >= 4 is 22.5 Å². The van der Waals surface area contributed by atoms with Crippen molar-refractivity contribution in [2.45, 2.75) is 12.5 Å². The van der Waals surface area contributed by atoms with E-state index >= 15 is 0 Å². The fraction of sp³-hybridized carbons (Fsp3) is 0.300. The van der Waals surface area contributed by atoms with Crippen molar-refractivity contribution in [1.82, 2.24) is 14.9 Å². The van der Waals surface area contributed by atoms with Crippen LogP contribution in [0.15, 0.2) is 36.7 Å². The first-order valence-corrected chi connectivity index (χ1v) is 9.07. The van der Waals surface area contributed by atoms with Crippen molar-refractivity contribution in [3.05, 3.63) is 52.8 Å². The molecule has 0 spiro atoms. The number of pyridine rings is 1. The van der Waals surface area contributed by atoms with Crippen molar-refractivity contribution in [1.29, 1.82) is 5.26 Å². The minimum atomic E-state index is -0.0629. The number of benzene rings is 1. The third kappa shape index (κ3) is 2.77. The van der Waals surface area contributed by atoms with Crippen LogP contribution in [-0.2, 0) is 7.05 Å². The fourth-order valence-corrected chi connectivity index (χ4v) is 4.05. The maximum Gasteiger partial charge on any atom is 0.102 e. The Labute approximate surface area is 157 Å². The van der Waals surface area contributed by atoms with E-state index in [9.17, 15) is 5.26 Å². The molecule has 2 aromatic heterocycles. The molecule has 6 heteroatoms. The molecular formula is C20H20ClN5. The largest absolute Gasteiger partial charge is 0.342 e. The van der Waals surface area contributed by atoms with E-state index in [1.807, 2.05) is 36.0 Å². The number of rotatable bonds is 3. The molecule has 3 aromatic rings. The Morgan fingerprint density at radius 2 is 2.23 bits per heavy atom. The summed E-state index contributed by atoms with van der Waals surface area (Å²) in [4.78, 5) is 4.41. The first-order chi connectivity index (χ1) is 12.6. The zero-order valence-electron chi connectivity index (χ0n) is 14.5. The van der Waals surface area contributed by atoms with Crippen molar-refractivity contribution in [2.24, 2.45) is 18.7 Å². The highest BCUT2D eigenvalue weighted by Gasteiger charge is 2.24. The Balaban J connectivity index is 1.84. The molecule has 26 heavy (non-hydrogen) atoms. The molecular weight excluding hydrogens is 346 g/mol. The van der Waals surface area contributed by atoms with Crippen LogP contribution in [0.5, 0.6) is 0 Å². The highest BCUT2D eigenvalue weighted by Crippen LogP contribution is 2.35. The number of halogens is 1. The van der Waals surface area contributed by atoms with E-state index in [2.05, 4.69) is 22.4 Å². The summed E-state index contributed by atoms with van der Waals surface area (Å²) >= 11 is 6.15. The van der Waals surface area contributed by atoms with Crippen LogP contribution in [0, 0.1) is 17.2 Å². The quantitative estimate of drug-likeness (QED) is 0.745. The lowest BCUT2D eigenvalue weighted by Crippen LogP contribution is -2.23. The van der Waals surface area contributed by atoms with E-state index < -0.39 is 0 Å².